The van der Waals surface area contributed by atoms with Crippen molar-refractivity contribution in [2.24, 2.45) is 11.8 Å². The Morgan fingerprint density at radius 3 is 2.67 bits per heavy atom. The van der Waals surface area contributed by atoms with Gasteiger partial charge in [0.25, 0.3) is 0 Å². The molecule has 2 rings (SSSR count). The molecule has 0 aliphatic carbocycles. The average Bonchev–Trinajstić information content (AvgIpc) is 2.80. The molecule has 8 heteroatoms. The zero-order valence-corrected chi connectivity index (χ0v) is 14.0. The standard InChI is InChI=1S/C16H18ClF3N2O2/c1-9(2)7-22-8-10(5-14(22)23)15(24)21-13-4-3-11(17)6-12(13)16(18,19)20/h3-4,6,9-10H,5,7-8H2,1-2H3,(H,21,24). The minimum atomic E-state index is -4.64. The lowest BCUT2D eigenvalue weighted by atomic mass is 10.1. The third-order valence-electron chi connectivity index (χ3n) is 3.72. The van der Waals surface area contributed by atoms with Crippen LogP contribution in [0.3, 0.4) is 0 Å². The van der Waals surface area contributed by atoms with Crippen molar-refractivity contribution < 1.29 is 22.8 Å². The lowest BCUT2D eigenvalue weighted by Gasteiger charge is -2.19. The number of hydrogen-bond acceptors (Lipinski definition) is 2. The Hall–Kier alpha value is -1.76. The number of anilines is 1. The Morgan fingerprint density at radius 1 is 1.42 bits per heavy atom. The van der Waals surface area contributed by atoms with Gasteiger partial charge in [0.2, 0.25) is 11.8 Å². The topological polar surface area (TPSA) is 49.4 Å². The fraction of sp³-hybridized carbons (Fsp3) is 0.500. The van der Waals surface area contributed by atoms with Crippen LogP contribution in [-0.4, -0.2) is 29.8 Å². The zero-order valence-electron chi connectivity index (χ0n) is 13.3. The third-order valence-corrected chi connectivity index (χ3v) is 3.95. The van der Waals surface area contributed by atoms with Gasteiger partial charge in [0.05, 0.1) is 17.2 Å². The molecule has 1 atom stereocenters. The Kier molecular flexibility index (Phi) is 5.42. The van der Waals surface area contributed by atoms with E-state index in [1.165, 1.54) is 6.07 Å². The van der Waals surface area contributed by atoms with Gasteiger partial charge in [-0.1, -0.05) is 25.4 Å². The monoisotopic (exact) mass is 362 g/mol. The Labute approximate surface area is 143 Å². The summed E-state index contributed by atoms with van der Waals surface area (Å²) in [6.07, 6.45) is -4.63. The van der Waals surface area contributed by atoms with Crippen molar-refractivity contribution in [3.05, 3.63) is 28.8 Å². The molecule has 1 fully saturated rings. The quantitative estimate of drug-likeness (QED) is 0.885. The number of carbonyl (C=O) groups excluding carboxylic acids is 2. The third kappa shape index (κ3) is 4.41. The summed E-state index contributed by atoms with van der Waals surface area (Å²) in [6, 6.07) is 3.16. The zero-order chi connectivity index (χ0) is 18.1. The molecular weight excluding hydrogens is 345 g/mol. The van der Waals surface area contributed by atoms with Crippen LogP contribution >= 0.6 is 11.6 Å². The molecule has 1 saturated heterocycles. The fourth-order valence-electron chi connectivity index (χ4n) is 2.66. The predicted molar refractivity (Wildman–Crippen MR) is 84.6 cm³/mol. The summed E-state index contributed by atoms with van der Waals surface area (Å²) in [6.45, 7) is 4.64. The van der Waals surface area contributed by atoms with Crippen LogP contribution in [0.15, 0.2) is 18.2 Å². The van der Waals surface area contributed by atoms with Crippen LogP contribution < -0.4 is 5.32 Å². The van der Waals surface area contributed by atoms with E-state index in [9.17, 15) is 22.8 Å². The first kappa shape index (κ1) is 18.6. The first-order valence-electron chi connectivity index (χ1n) is 7.53. The molecule has 4 nitrogen and oxygen atoms in total. The maximum atomic E-state index is 13.1. The van der Waals surface area contributed by atoms with Crippen LogP contribution in [-0.2, 0) is 15.8 Å². The van der Waals surface area contributed by atoms with E-state index in [-0.39, 0.29) is 35.5 Å². The molecular formula is C16H18ClF3N2O2. The number of rotatable bonds is 4. The maximum Gasteiger partial charge on any atom is 0.418 e. The van der Waals surface area contributed by atoms with E-state index in [1.54, 1.807) is 4.90 Å². The van der Waals surface area contributed by atoms with Gasteiger partial charge in [-0.3, -0.25) is 9.59 Å². The van der Waals surface area contributed by atoms with E-state index in [0.717, 1.165) is 12.1 Å². The van der Waals surface area contributed by atoms with Crippen molar-refractivity contribution in [1.82, 2.24) is 4.90 Å². The van der Waals surface area contributed by atoms with E-state index >= 15 is 0 Å². The Balaban J connectivity index is 2.12. The minimum Gasteiger partial charge on any atom is -0.342 e. The summed E-state index contributed by atoms with van der Waals surface area (Å²) in [7, 11) is 0. The van der Waals surface area contributed by atoms with Gasteiger partial charge in [-0.05, 0) is 24.1 Å². The highest BCUT2D eigenvalue weighted by Gasteiger charge is 2.37. The molecule has 1 N–H and O–H groups in total. The number of nitrogens with one attached hydrogen (secondary N) is 1. The smallest absolute Gasteiger partial charge is 0.342 e. The van der Waals surface area contributed by atoms with Gasteiger partial charge in [0.1, 0.15) is 0 Å². The number of halogens is 4. The first-order chi connectivity index (χ1) is 11.1. The number of likely N-dealkylation sites (tertiary alicyclic amines) is 1. The molecule has 0 bridgehead atoms. The van der Waals surface area contributed by atoms with Crippen LogP contribution in [0.1, 0.15) is 25.8 Å². The summed E-state index contributed by atoms with van der Waals surface area (Å²) in [4.78, 5) is 25.7. The average molecular weight is 363 g/mol. The Morgan fingerprint density at radius 2 is 2.08 bits per heavy atom. The van der Waals surface area contributed by atoms with Gasteiger partial charge < -0.3 is 10.2 Å². The summed E-state index contributed by atoms with van der Waals surface area (Å²) < 4.78 is 39.2. The summed E-state index contributed by atoms with van der Waals surface area (Å²) in [5, 5.41) is 2.21. The highest BCUT2D eigenvalue weighted by Crippen LogP contribution is 2.37. The van der Waals surface area contributed by atoms with Crippen LogP contribution in [0.5, 0.6) is 0 Å². The molecule has 2 amide bonds. The second-order valence-corrected chi connectivity index (χ2v) is 6.71. The minimum absolute atomic E-state index is 0.00743. The molecule has 132 valence electrons. The number of amides is 2. The molecule has 1 aromatic carbocycles. The fourth-order valence-corrected chi connectivity index (χ4v) is 2.83. The molecule has 1 aliphatic rings. The van der Waals surface area contributed by atoms with E-state index in [4.69, 9.17) is 11.6 Å². The largest absolute Gasteiger partial charge is 0.418 e. The SMILES string of the molecule is CC(C)CN1CC(C(=O)Nc2ccc(Cl)cc2C(F)(F)F)CC1=O. The lowest BCUT2D eigenvalue weighted by Crippen LogP contribution is -2.31. The molecule has 1 unspecified atom stereocenters. The molecule has 24 heavy (non-hydrogen) atoms. The molecule has 0 spiro atoms. The lowest BCUT2D eigenvalue weighted by molar-refractivity contribution is -0.137. The first-order valence-corrected chi connectivity index (χ1v) is 7.91. The van der Waals surface area contributed by atoms with Gasteiger partial charge in [0, 0.05) is 24.5 Å². The van der Waals surface area contributed by atoms with Gasteiger partial charge in [0.15, 0.2) is 0 Å². The van der Waals surface area contributed by atoms with Crippen LogP contribution in [0.4, 0.5) is 18.9 Å². The van der Waals surface area contributed by atoms with Crippen LogP contribution in [0, 0.1) is 11.8 Å². The van der Waals surface area contributed by atoms with Gasteiger partial charge in [-0.25, -0.2) is 0 Å². The molecule has 1 aromatic rings. The molecule has 1 heterocycles. The van der Waals surface area contributed by atoms with Gasteiger partial charge in [-0.2, -0.15) is 13.2 Å². The molecule has 1 aliphatic heterocycles. The van der Waals surface area contributed by atoms with E-state index in [0.29, 0.717) is 6.54 Å². The van der Waals surface area contributed by atoms with E-state index in [1.807, 2.05) is 13.8 Å². The highest BCUT2D eigenvalue weighted by molar-refractivity contribution is 6.30. The Bertz CT molecular complexity index is 647. The second-order valence-electron chi connectivity index (χ2n) is 6.27. The van der Waals surface area contributed by atoms with Crippen molar-refractivity contribution in [2.75, 3.05) is 18.4 Å². The summed E-state index contributed by atoms with van der Waals surface area (Å²) >= 11 is 5.61. The molecule has 0 saturated carbocycles. The van der Waals surface area contributed by atoms with E-state index in [2.05, 4.69) is 5.32 Å². The number of alkyl halides is 3. The molecule has 0 aromatic heterocycles. The van der Waals surface area contributed by atoms with Crippen molar-refractivity contribution in [3.8, 4) is 0 Å². The number of nitrogens with zero attached hydrogens (tertiary/aromatic N) is 1. The van der Waals surface area contributed by atoms with Gasteiger partial charge in [-0.15, -0.1) is 0 Å². The van der Waals surface area contributed by atoms with Crippen molar-refractivity contribution in [2.45, 2.75) is 26.4 Å². The number of carbonyl (C=O) groups is 2. The van der Waals surface area contributed by atoms with Crippen LogP contribution in [0.25, 0.3) is 0 Å². The van der Waals surface area contributed by atoms with Crippen LogP contribution in [0.2, 0.25) is 5.02 Å². The van der Waals surface area contributed by atoms with Crippen molar-refractivity contribution in [1.29, 1.82) is 0 Å². The van der Waals surface area contributed by atoms with Crippen molar-refractivity contribution in [3.63, 3.8) is 0 Å². The van der Waals surface area contributed by atoms with Gasteiger partial charge >= 0.3 is 6.18 Å². The highest BCUT2D eigenvalue weighted by atomic mass is 35.5. The molecule has 0 radical (unpaired) electrons. The number of benzene rings is 1. The maximum absolute atomic E-state index is 13.1. The summed E-state index contributed by atoms with van der Waals surface area (Å²) in [5.41, 5.74) is -1.36. The summed E-state index contributed by atoms with van der Waals surface area (Å²) in [5.74, 6) is -1.16. The predicted octanol–water partition coefficient (Wildman–Crippen LogP) is 3.80. The van der Waals surface area contributed by atoms with E-state index < -0.39 is 23.6 Å². The number of hydrogen-bond donors (Lipinski definition) is 1. The second kappa shape index (κ2) is 7.01. The van der Waals surface area contributed by atoms with Crippen molar-refractivity contribution >= 4 is 29.1 Å². The normalized spacial score (nSPS) is 18.4.